The maximum Gasteiger partial charge on any atom is 0.271 e. The Hall–Kier alpha value is -3.02. The van der Waals surface area contributed by atoms with Crippen LogP contribution >= 0.6 is 0 Å². The molecule has 126 valence electrons. The van der Waals surface area contributed by atoms with Gasteiger partial charge in [0.2, 0.25) is 0 Å². The van der Waals surface area contributed by atoms with Crippen LogP contribution in [0.2, 0.25) is 0 Å². The van der Waals surface area contributed by atoms with Gasteiger partial charge in [-0.05, 0) is 48.9 Å². The van der Waals surface area contributed by atoms with Crippen molar-refractivity contribution in [3.8, 4) is 11.5 Å². The number of rotatable bonds is 6. The molecule has 0 radical (unpaired) electrons. The number of hydrazone groups is 1. The number of hydrogen-bond donors (Lipinski definition) is 2. The monoisotopic (exact) mass is 327 g/mol. The largest absolute Gasteiger partial charge is 0.493 e. The number of carbonyl (C=O) groups is 1. The molecule has 0 aliphatic carbocycles. The van der Waals surface area contributed by atoms with Gasteiger partial charge in [-0.2, -0.15) is 5.10 Å². The number of methoxy groups -OCH3 is 2. The van der Waals surface area contributed by atoms with Crippen molar-refractivity contribution in [1.82, 2.24) is 5.43 Å². The van der Waals surface area contributed by atoms with Gasteiger partial charge >= 0.3 is 0 Å². The summed E-state index contributed by atoms with van der Waals surface area (Å²) in [5.74, 6) is 0.963. The minimum atomic E-state index is -0.290. The zero-order valence-electron chi connectivity index (χ0n) is 14.0. The quantitative estimate of drug-likeness (QED) is 0.485. The number of anilines is 1. The summed E-state index contributed by atoms with van der Waals surface area (Å²) in [6.07, 6.45) is 0.650. The van der Waals surface area contributed by atoms with Crippen molar-refractivity contribution in [3.63, 3.8) is 0 Å². The summed E-state index contributed by atoms with van der Waals surface area (Å²) in [7, 11) is 3.16. The second-order valence-corrected chi connectivity index (χ2v) is 5.04. The number of benzene rings is 2. The number of nitrogens with one attached hydrogen (secondary N) is 1. The third-order valence-electron chi connectivity index (χ3n) is 3.52. The zero-order valence-corrected chi connectivity index (χ0v) is 14.0. The van der Waals surface area contributed by atoms with E-state index in [1.807, 2.05) is 19.1 Å². The highest BCUT2D eigenvalue weighted by Crippen LogP contribution is 2.28. The minimum absolute atomic E-state index is 0.290. The van der Waals surface area contributed by atoms with Crippen LogP contribution in [0.5, 0.6) is 11.5 Å². The lowest BCUT2D eigenvalue weighted by Gasteiger charge is -2.10. The fourth-order valence-electron chi connectivity index (χ4n) is 2.18. The average molecular weight is 327 g/mol. The molecule has 2 aromatic rings. The fraction of sp³-hybridized carbons (Fsp3) is 0.222. The van der Waals surface area contributed by atoms with Gasteiger partial charge in [0, 0.05) is 16.8 Å². The summed E-state index contributed by atoms with van der Waals surface area (Å²) in [5.41, 5.74) is 10.9. The molecule has 24 heavy (non-hydrogen) atoms. The van der Waals surface area contributed by atoms with Gasteiger partial charge in [0.05, 0.1) is 19.9 Å². The summed E-state index contributed by atoms with van der Waals surface area (Å²) in [4.78, 5) is 12.1. The van der Waals surface area contributed by atoms with Crippen LogP contribution in [0.4, 0.5) is 5.69 Å². The molecular formula is C18H21N3O3. The van der Waals surface area contributed by atoms with Crippen LogP contribution < -0.4 is 20.6 Å². The molecule has 0 spiro atoms. The van der Waals surface area contributed by atoms with E-state index >= 15 is 0 Å². The summed E-state index contributed by atoms with van der Waals surface area (Å²) in [5, 5.41) is 4.23. The van der Waals surface area contributed by atoms with Gasteiger partial charge in [-0.1, -0.05) is 6.92 Å². The molecule has 0 unspecified atom stereocenters. The molecule has 3 N–H and O–H groups in total. The van der Waals surface area contributed by atoms with Gasteiger partial charge in [0.1, 0.15) is 0 Å². The SMILES string of the molecule is CC/C(=N\NC(=O)c1ccc(N)cc1)c1ccc(OC)c(OC)c1. The highest BCUT2D eigenvalue weighted by atomic mass is 16.5. The Balaban J connectivity index is 2.19. The van der Waals surface area contributed by atoms with E-state index in [0.717, 1.165) is 11.3 Å². The summed E-state index contributed by atoms with van der Waals surface area (Å²) in [6, 6.07) is 12.2. The van der Waals surface area contributed by atoms with Gasteiger partial charge in [0.25, 0.3) is 5.91 Å². The van der Waals surface area contributed by atoms with Crippen LogP contribution in [0.1, 0.15) is 29.3 Å². The lowest BCUT2D eigenvalue weighted by atomic mass is 10.1. The third kappa shape index (κ3) is 4.04. The van der Waals surface area contributed by atoms with E-state index in [1.165, 1.54) is 0 Å². The maximum atomic E-state index is 12.1. The van der Waals surface area contributed by atoms with Crippen molar-refractivity contribution in [3.05, 3.63) is 53.6 Å². The smallest absolute Gasteiger partial charge is 0.271 e. The van der Waals surface area contributed by atoms with E-state index < -0.39 is 0 Å². The molecule has 0 atom stereocenters. The van der Waals surface area contributed by atoms with E-state index in [9.17, 15) is 4.79 Å². The van der Waals surface area contributed by atoms with E-state index in [2.05, 4.69) is 10.5 Å². The molecule has 6 nitrogen and oxygen atoms in total. The first-order valence-corrected chi connectivity index (χ1v) is 7.53. The number of hydrogen-bond acceptors (Lipinski definition) is 5. The predicted octanol–water partition coefficient (Wildman–Crippen LogP) is 2.83. The number of amides is 1. The second-order valence-electron chi connectivity index (χ2n) is 5.04. The van der Waals surface area contributed by atoms with Gasteiger partial charge in [0.15, 0.2) is 11.5 Å². The van der Waals surface area contributed by atoms with Crippen molar-refractivity contribution in [2.75, 3.05) is 20.0 Å². The number of carbonyl (C=O) groups excluding carboxylic acids is 1. The Morgan fingerprint density at radius 3 is 2.25 bits per heavy atom. The molecule has 0 aromatic heterocycles. The first kappa shape index (κ1) is 17.3. The highest BCUT2D eigenvalue weighted by molar-refractivity contribution is 6.02. The van der Waals surface area contributed by atoms with Crippen molar-refractivity contribution < 1.29 is 14.3 Å². The fourth-order valence-corrected chi connectivity index (χ4v) is 2.18. The van der Waals surface area contributed by atoms with Crippen LogP contribution in [0.25, 0.3) is 0 Å². The molecule has 0 saturated heterocycles. The zero-order chi connectivity index (χ0) is 17.5. The Kier molecular flexibility index (Phi) is 5.78. The Morgan fingerprint density at radius 1 is 1.04 bits per heavy atom. The molecule has 0 heterocycles. The van der Waals surface area contributed by atoms with Gasteiger partial charge in [-0.25, -0.2) is 5.43 Å². The summed E-state index contributed by atoms with van der Waals surface area (Å²) >= 11 is 0. The number of nitrogen functional groups attached to an aromatic ring is 1. The molecule has 0 fully saturated rings. The molecular weight excluding hydrogens is 306 g/mol. The molecule has 0 aliphatic heterocycles. The normalized spacial score (nSPS) is 11.0. The molecule has 2 aromatic carbocycles. The van der Waals surface area contributed by atoms with Crippen LogP contribution in [-0.4, -0.2) is 25.8 Å². The molecule has 6 heteroatoms. The van der Waals surface area contributed by atoms with Crippen molar-refractivity contribution in [1.29, 1.82) is 0 Å². The maximum absolute atomic E-state index is 12.1. The number of nitrogens with zero attached hydrogens (tertiary/aromatic N) is 1. The number of ether oxygens (including phenoxy) is 2. The standard InChI is InChI=1S/C18H21N3O3/c1-4-15(13-7-10-16(23-2)17(11-13)24-3)20-21-18(22)12-5-8-14(19)9-6-12/h5-11H,4,19H2,1-3H3,(H,21,22)/b20-15+. The van der Waals surface area contributed by atoms with E-state index in [-0.39, 0.29) is 5.91 Å². The lowest BCUT2D eigenvalue weighted by Crippen LogP contribution is -2.20. The van der Waals surface area contributed by atoms with Crippen molar-refractivity contribution in [2.24, 2.45) is 5.10 Å². The van der Waals surface area contributed by atoms with Crippen LogP contribution in [0.15, 0.2) is 47.6 Å². The lowest BCUT2D eigenvalue weighted by molar-refractivity contribution is 0.0955. The Labute approximate surface area is 141 Å². The molecule has 0 saturated carbocycles. The minimum Gasteiger partial charge on any atom is -0.493 e. The first-order valence-electron chi connectivity index (χ1n) is 7.53. The van der Waals surface area contributed by atoms with E-state index in [4.69, 9.17) is 15.2 Å². The predicted molar refractivity (Wildman–Crippen MR) is 94.7 cm³/mol. The second kappa shape index (κ2) is 8.01. The van der Waals surface area contributed by atoms with Gasteiger partial charge in [-0.15, -0.1) is 0 Å². The third-order valence-corrected chi connectivity index (χ3v) is 3.52. The Morgan fingerprint density at radius 2 is 1.67 bits per heavy atom. The van der Waals surface area contributed by atoms with Crippen LogP contribution in [0, 0.1) is 0 Å². The van der Waals surface area contributed by atoms with E-state index in [1.54, 1.807) is 44.6 Å². The molecule has 2 rings (SSSR count). The summed E-state index contributed by atoms with van der Waals surface area (Å²) in [6.45, 7) is 1.96. The first-order chi connectivity index (χ1) is 11.6. The Bertz CT molecular complexity index is 740. The number of nitrogens with two attached hydrogens (primary N) is 1. The highest BCUT2D eigenvalue weighted by Gasteiger charge is 2.09. The van der Waals surface area contributed by atoms with Crippen molar-refractivity contribution in [2.45, 2.75) is 13.3 Å². The van der Waals surface area contributed by atoms with Gasteiger partial charge in [-0.3, -0.25) is 4.79 Å². The molecule has 0 aliphatic rings. The van der Waals surface area contributed by atoms with E-state index in [0.29, 0.717) is 29.2 Å². The molecule has 0 bridgehead atoms. The van der Waals surface area contributed by atoms with Crippen molar-refractivity contribution >= 4 is 17.3 Å². The average Bonchev–Trinajstić information content (AvgIpc) is 2.62. The molecule has 1 amide bonds. The van der Waals surface area contributed by atoms with Crippen LogP contribution in [0.3, 0.4) is 0 Å². The topological polar surface area (TPSA) is 85.9 Å². The summed E-state index contributed by atoms with van der Waals surface area (Å²) < 4.78 is 10.5. The van der Waals surface area contributed by atoms with Gasteiger partial charge < -0.3 is 15.2 Å². The van der Waals surface area contributed by atoms with Crippen LogP contribution in [-0.2, 0) is 0 Å².